The lowest BCUT2D eigenvalue weighted by atomic mass is 10.2. The van der Waals surface area contributed by atoms with Crippen molar-refractivity contribution >= 4 is 45.3 Å². The van der Waals surface area contributed by atoms with Gasteiger partial charge < -0.3 is 5.32 Å². The Labute approximate surface area is 136 Å². The van der Waals surface area contributed by atoms with E-state index in [-0.39, 0.29) is 12.5 Å². The fraction of sp³-hybridized carbons (Fsp3) is 0.0667. The maximum absolute atomic E-state index is 11.6. The molecule has 1 amide bonds. The van der Waals surface area contributed by atoms with Gasteiger partial charge in [-0.1, -0.05) is 39.7 Å². The van der Waals surface area contributed by atoms with Crippen LogP contribution >= 0.6 is 27.5 Å². The van der Waals surface area contributed by atoms with Crippen molar-refractivity contribution in [3.05, 3.63) is 63.6 Å². The summed E-state index contributed by atoms with van der Waals surface area (Å²) in [7, 11) is 0. The van der Waals surface area contributed by atoms with Crippen molar-refractivity contribution < 1.29 is 4.79 Å². The molecule has 2 N–H and O–H groups in total. The van der Waals surface area contributed by atoms with Gasteiger partial charge in [-0.25, -0.2) is 5.43 Å². The van der Waals surface area contributed by atoms with Crippen LogP contribution in [-0.4, -0.2) is 18.7 Å². The molecule has 2 aromatic rings. The average molecular weight is 367 g/mol. The van der Waals surface area contributed by atoms with Crippen molar-refractivity contribution in [1.29, 1.82) is 0 Å². The number of carbonyl (C=O) groups is 1. The molecule has 0 aliphatic heterocycles. The second-order valence-corrected chi connectivity index (χ2v) is 5.56. The molecule has 0 unspecified atom stereocenters. The van der Waals surface area contributed by atoms with E-state index in [1.807, 2.05) is 24.3 Å². The molecule has 0 radical (unpaired) electrons. The van der Waals surface area contributed by atoms with Crippen LogP contribution in [0, 0.1) is 0 Å². The molecule has 0 bridgehead atoms. The van der Waals surface area contributed by atoms with Crippen molar-refractivity contribution in [3.8, 4) is 0 Å². The van der Waals surface area contributed by atoms with Crippen LogP contribution in [0.25, 0.3) is 0 Å². The van der Waals surface area contributed by atoms with Crippen LogP contribution in [0.1, 0.15) is 5.56 Å². The van der Waals surface area contributed by atoms with Crippen molar-refractivity contribution in [2.45, 2.75) is 0 Å². The summed E-state index contributed by atoms with van der Waals surface area (Å²) < 4.78 is 0.996. The minimum atomic E-state index is -0.224. The number of carbonyl (C=O) groups excluding carboxylic acids is 1. The highest BCUT2D eigenvalue weighted by atomic mass is 79.9. The smallest absolute Gasteiger partial charge is 0.259 e. The van der Waals surface area contributed by atoms with Crippen LogP contribution in [0.2, 0.25) is 5.02 Å². The number of amides is 1. The summed E-state index contributed by atoms with van der Waals surface area (Å²) in [4.78, 5) is 11.6. The predicted molar refractivity (Wildman–Crippen MR) is 89.8 cm³/mol. The van der Waals surface area contributed by atoms with Gasteiger partial charge in [0.1, 0.15) is 0 Å². The lowest BCUT2D eigenvalue weighted by Crippen LogP contribution is -2.25. The molecular formula is C15H13BrClN3O. The Morgan fingerprint density at radius 3 is 2.48 bits per heavy atom. The fourth-order valence-corrected chi connectivity index (χ4v) is 1.91. The van der Waals surface area contributed by atoms with Crippen LogP contribution in [-0.2, 0) is 4.79 Å². The Hall–Kier alpha value is -1.85. The van der Waals surface area contributed by atoms with E-state index in [0.717, 1.165) is 15.7 Å². The van der Waals surface area contributed by atoms with Gasteiger partial charge in [-0.05, 0) is 42.0 Å². The molecule has 6 heteroatoms. The molecule has 0 atom stereocenters. The van der Waals surface area contributed by atoms with Gasteiger partial charge in [0.05, 0.1) is 12.8 Å². The van der Waals surface area contributed by atoms with Gasteiger partial charge in [0, 0.05) is 15.2 Å². The maximum atomic E-state index is 11.6. The molecule has 2 rings (SSSR count). The largest absolute Gasteiger partial charge is 0.376 e. The van der Waals surface area contributed by atoms with Gasteiger partial charge in [0.2, 0.25) is 0 Å². The number of hydrazone groups is 1. The number of hydrogen-bond donors (Lipinski definition) is 2. The van der Waals surface area contributed by atoms with Gasteiger partial charge in [0.15, 0.2) is 0 Å². The summed E-state index contributed by atoms with van der Waals surface area (Å²) in [6, 6.07) is 14.7. The van der Waals surface area contributed by atoms with Crippen LogP contribution < -0.4 is 10.7 Å². The van der Waals surface area contributed by atoms with E-state index in [1.165, 1.54) is 0 Å². The van der Waals surface area contributed by atoms with E-state index in [9.17, 15) is 4.79 Å². The summed E-state index contributed by atoms with van der Waals surface area (Å²) in [5.41, 5.74) is 4.19. The highest BCUT2D eigenvalue weighted by molar-refractivity contribution is 9.10. The molecule has 108 valence electrons. The van der Waals surface area contributed by atoms with Gasteiger partial charge in [-0.15, -0.1) is 0 Å². The van der Waals surface area contributed by atoms with E-state index in [2.05, 4.69) is 31.8 Å². The molecule has 0 heterocycles. The number of benzene rings is 2. The molecular weight excluding hydrogens is 354 g/mol. The molecule has 0 aromatic heterocycles. The first kappa shape index (κ1) is 15.5. The maximum Gasteiger partial charge on any atom is 0.259 e. The number of hydrogen-bond acceptors (Lipinski definition) is 3. The highest BCUT2D eigenvalue weighted by Gasteiger charge is 1.99. The van der Waals surface area contributed by atoms with Crippen molar-refractivity contribution in [2.75, 3.05) is 11.9 Å². The Bertz CT molecular complexity index is 626. The van der Waals surface area contributed by atoms with Gasteiger partial charge in [-0.3, -0.25) is 4.79 Å². The Morgan fingerprint density at radius 2 is 1.81 bits per heavy atom. The molecule has 0 aliphatic rings. The lowest BCUT2D eigenvalue weighted by molar-refractivity contribution is -0.119. The zero-order valence-electron chi connectivity index (χ0n) is 11.0. The monoisotopic (exact) mass is 365 g/mol. The number of nitrogens with one attached hydrogen (secondary N) is 2. The average Bonchev–Trinajstić information content (AvgIpc) is 2.49. The van der Waals surface area contributed by atoms with Crippen LogP contribution in [0.5, 0.6) is 0 Å². The van der Waals surface area contributed by atoms with E-state index in [0.29, 0.717) is 5.02 Å². The molecule has 0 saturated heterocycles. The first-order valence-electron chi connectivity index (χ1n) is 6.20. The van der Waals surface area contributed by atoms with Gasteiger partial charge in [-0.2, -0.15) is 5.10 Å². The lowest BCUT2D eigenvalue weighted by Gasteiger charge is -2.04. The first-order valence-corrected chi connectivity index (χ1v) is 7.37. The quantitative estimate of drug-likeness (QED) is 0.627. The van der Waals surface area contributed by atoms with E-state index >= 15 is 0 Å². The summed E-state index contributed by atoms with van der Waals surface area (Å²) in [6.45, 7) is 0.138. The van der Waals surface area contributed by atoms with E-state index in [1.54, 1.807) is 30.5 Å². The third kappa shape index (κ3) is 5.57. The topological polar surface area (TPSA) is 53.5 Å². The first-order chi connectivity index (χ1) is 10.1. The Balaban J connectivity index is 1.77. The van der Waals surface area contributed by atoms with Crippen molar-refractivity contribution in [1.82, 2.24) is 5.43 Å². The fourth-order valence-electron chi connectivity index (χ4n) is 1.52. The zero-order valence-corrected chi connectivity index (χ0v) is 13.4. The SMILES string of the molecule is O=C(CNc1ccc(Cl)cc1)NN=Cc1ccc(Br)cc1. The molecule has 2 aromatic carbocycles. The van der Waals surface area contributed by atoms with Crippen LogP contribution in [0.15, 0.2) is 58.1 Å². The number of nitrogens with zero attached hydrogens (tertiary/aromatic N) is 1. The molecule has 0 saturated carbocycles. The Kier molecular flexibility index (Phi) is 5.78. The van der Waals surface area contributed by atoms with Crippen molar-refractivity contribution in [2.24, 2.45) is 5.10 Å². The minimum absolute atomic E-state index is 0.138. The third-order valence-corrected chi connectivity index (χ3v) is 3.35. The van der Waals surface area contributed by atoms with E-state index in [4.69, 9.17) is 11.6 Å². The molecule has 4 nitrogen and oxygen atoms in total. The zero-order chi connectivity index (χ0) is 15.1. The van der Waals surface area contributed by atoms with Crippen LogP contribution in [0.3, 0.4) is 0 Å². The minimum Gasteiger partial charge on any atom is -0.376 e. The summed E-state index contributed by atoms with van der Waals surface area (Å²) in [5.74, 6) is -0.224. The highest BCUT2D eigenvalue weighted by Crippen LogP contribution is 2.12. The summed E-state index contributed by atoms with van der Waals surface area (Å²) in [6.07, 6.45) is 1.59. The molecule has 0 spiro atoms. The number of halogens is 2. The number of rotatable bonds is 5. The second kappa shape index (κ2) is 7.81. The molecule has 0 aliphatic carbocycles. The molecule has 21 heavy (non-hydrogen) atoms. The summed E-state index contributed by atoms with van der Waals surface area (Å²) >= 11 is 9.13. The molecule has 0 fully saturated rings. The van der Waals surface area contributed by atoms with E-state index < -0.39 is 0 Å². The predicted octanol–water partition coefficient (Wildman–Crippen LogP) is 3.66. The standard InChI is InChI=1S/C15H13BrClN3O/c16-12-3-1-11(2-4-12)9-19-20-15(21)10-18-14-7-5-13(17)6-8-14/h1-9,18H,10H2,(H,20,21). The third-order valence-electron chi connectivity index (χ3n) is 2.57. The van der Waals surface area contributed by atoms with Gasteiger partial charge >= 0.3 is 0 Å². The number of anilines is 1. The summed E-state index contributed by atoms with van der Waals surface area (Å²) in [5, 5.41) is 7.53. The Morgan fingerprint density at radius 1 is 1.14 bits per heavy atom. The van der Waals surface area contributed by atoms with Crippen molar-refractivity contribution in [3.63, 3.8) is 0 Å². The second-order valence-electron chi connectivity index (χ2n) is 4.21. The normalized spacial score (nSPS) is 10.6. The van der Waals surface area contributed by atoms with Crippen LogP contribution in [0.4, 0.5) is 5.69 Å². The van der Waals surface area contributed by atoms with Gasteiger partial charge in [0.25, 0.3) is 5.91 Å².